The number of fused-ring (bicyclic) bond motifs is 1. The average Bonchev–Trinajstić information content (AvgIpc) is 2.81. The number of aryl methyl sites for hydroxylation is 1. The third kappa shape index (κ3) is 2.82. The molecule has 6 heteroatoms. The summed E-state index contributed by atoms with van der Waals surface area (Å²) in [5, 5.41) is 5.03. The van der Waals surface area contributed by atoms with Crippen molar-refractivity contribution in [3.63, 3.8) is 0 Å². The second kappa shape index (κ2) is 6.09. The van der Waals surface area contributed by atoms with E-state index < -0.39 is 0 Å². The Morgan fingerprint density at radius 2 is 1.86 bits per heavy atom. The van der Waals surface area contributed by atoms with Crippen molar-refractivity contribution in [2.24, 2.45) is 0 Å². The van der Waals surface area contributed by atoms with E-state index in [9.17, 15) is 4.79 Å². The van der Waals surface area contributed by atoms with Crippen LogP contribution in [0.2, 0.25) is 15.1 Å². The van der Waals surface area contributed by atoms with E-state index in [0.717, 1.165) is 10.3 Å². The van der Waals surface area contributed by atoms with Gasteiger partial charge >= 0.3 is 0 Å². The van der Waals surface area contributed by atoms with Gasteiger partial charge < -0.3 is 5.32 Å². The Hall–Kier alpha value is -1.26. The van der Waals surface area contributed by atoms with Gasteiger partial charge in [0.1, 0.15) is 4.88 Å². The van der Waals surface area contributed by atoms with Crippen molar-refractivity contribution >= 4 is 67.8 Å². The topological polar surface area (TPSA) is 29.1 Å². The maximum atomic E-state index is 12.4. The molecule has 22 heavy (non-hydrogen) atoms. The van der Waals surface area contributed by atoms with Crippen molar-refractivity contribution in [3.05, 3.63) is 61.9 Å². The van der Waals surface area contributed by atoms with Gasteiger partial charge in [-0.25, -0.2) is 0 Å². The van der Waals surface area contributed by atoms with Gasteiger partial charge in [-0.1, -0.05) is 46.9 Å². The van der Waals surface area contributed by atoms with E-state index in [2.05, 4.69) is 5.32 Å². The summed E-state index contributed by atoms with van der Waals surface area (Å²) in [5.74, 6) is -0.276. The molecule has 1 aromatic heterocycles. The molecule has 0 spiro atoms. The van der Waals surface area contributed by atoms with E-state index in [4.69, 9.17) is 34.8 Å². The quantitative estimate of drug-likeness (QED) is 0.554. The molecule has 0 bridgehead atoms. The smallest absolute Gasteiger partial charge is 0.267 e. The molecule has 1 amide bonds. The first kappa shape index (κ1) is 15.6. The normalized spacial score (nSPS) is 10.9. The van der Waals surface area contributed by atoms with Crippen molar-refractivity contribution in [1.29, 1.82) is 0 Å². The van der Waals surface area contributed by atoms with Crippen molar-refractivity contribution < 1.29 is 4.79 Å². The molecule has 2 nitrogen and oxygen atoms in total. The van der Waals surface area contributed by atoms with E-state index in [1.54, 1.807) is 18.2 Å². The SMILES string of the molecule is Cc1ccc(NC(=O)c2sc3cccc(Cl)c3c2Cl)cc1Cl. The maximum Gasteiger partial charge on any atom is 0.267 e. The van der Waals surface area contributed by atoms with Gasteiger partial charge in [0.2, 0.25) is 0 Å². The fourth-order valence-corrected chi connectivity index (χ4v) is 4.11. The van der Waals surface area contributed by atoms with Crippen LogP contribution in [0.25, 0.3) is 10.1 Å². The van der Waals surface area contributed by atoms with Gasteiger partial charge in [-0.2, -0.15) is 0 Å². The highest BCUT2D eigenvalue weighted by Crippen LogP contribution is 2.39. The first-order valence-corrected chi connectivity index (χ1v) is 8.36. The van der Waals surface area contributed by atoms with E-state index >= 15 is 0 Å². The zero-order valence-corrected chi connectivity index (χ0v) is 14.5. The van der Waals surface area contributed by atoms with Crippen LogP contribution >= 0.6 is 46.1 Å². The summed E-state index contributed by atoms with van der Waals surface area (Å²) in [5.41, 5.74) is 1.58. The standard InChI is InChI=1S/C16H10Cl3NOS/c1-8-5-6-9(7-11(8)18)20-16(21)15-14(19)13-10(17)3-2-4-12(13)22-15/h2-7H,1H3,(H,20,21). The van der Waals surface area contributed by atoms with Crippen LogP contribution < -0.4 is 5.32 Å². The fraction of sp³-hybridized carbons (Fsp3) is 0.0625. The molecule has 0 aliphatic heterocycles. The van der Waals surface area contributed by atoms with Crippen LogP contribution in [0.5, 0.6) is 0 Å². The number of carbonyl (C=O) groups excluding carboxylic acids is 1. The molecule has 0 radical (unpaired) electrons. The van der Waals surface area contributed by atoms with E-state index in [-0.39, 0.29) is 5.91 Å². The number of rotatable bonds is 2. The molecular weight excluding hydrogens is 361 g/mol. The molecule has 112 valence electrons. The largest absolute Gasteiger partial charge is 0.321 e. The fourth-order valence-electron chi connectivity index (χ4n) is 2.08. The van der Waals surface area contributed by atoms with Crippen molar-refractivity contribution in [2.45, 2.75) is 6.92 Å². The Kier molecular flexibility index (Phi) is 4.33. The van der Waals surface area contributed by atoms with E-state index in [1.807, 2.05) is 25.1 Å². The van der Waals surface area contributed by atoms with Crippen LogP contribution in [-0.4, -0.2) is 5.91 Å². The third-order valence-electron chi connectivity index (χ3n) is 3.24. The van der Waals surface area contributed by atoms with Crippen LogP contribution in [0.3, 0.4) is 0 Å². The van der Waals surface area contributed by atoms with Crippen LogP contribution in [0.15, 0.2) is 36.4 Å². The van der Waals surface area contributed by atoms with Crippen LogP contribution in [-0.2, 0) is 0 Å². The van der Waals surface area contributed by atoms with Crippen molar-refractivity contribution in [1.82, 2.24) is 0 Å². The number of anilines is 1. The first-order chi connectivity index (χ1) is 10.5. The third-order valence-corrected chi connectivity index (χ3v) is 5.61. The summed E-state index contributed by atoms with van der Waals surface area (Å²) in [6.45, 7) is 1.90. The highest BCUT2D eigenvalue weighted by Gasteiger charge is 2.19. The Bertz CT molecular complexity index is 888. The van der Waals surface area contributed by atoms with Crippen molar-refractivity contribution in [2.75, 3.05) is 5.32 Å². The molecule has 0 saturated heterocycles. The lowest BCUT2D eigenvalue weighted by atomic mass is 10.2. The van der Waals surface area contributed by atoms with Crippen LogP contribution in [0.1, 0.15) is 15.2 Å². The molecular formula is C16H10Cl3NOS. The molecule has 2 aromatic carbocycles. The zero-order chi connectivity index (χ0) is 15.9. The summed E-state index contributed by atoms with van der Waals surface area (Å²) in [6.07, 6.45) is 0. The summed E-state index contributed by atoms with van der Waals surface area (Å²) in [4.78, 5) is 12.9. The Morgan fingerprint density at radius 3 is 2.55 bits per heavy atom. The summed E-state index contributed by atoms with van der Waals surface area (Å²) in [7, 11) is 0. The van der Waals surface area contributed by atoms with Gasteiger partial charge in [0, 0.05) is 20.8 Å². The highest BCUT2D eigenvalue weighted by atomic mass is 35.5. The Morgan fingerprint density at radius 1 is 1.09 bits per heavy atom. The Balaban J connectivity index is 1.97. The molecule has 1 N–H and O–H groups in total. The zero-order valence-electron chi connectivity index (χ0n) is 11.4. The van der Waals surface area contributed by atoms with Crippen molar-refractivity contribution in [3.8, 4) is 0 Å². The molecule has 0 fully saturated rings. The second-order valence-corrected chi connectivity index (χ2v) is 7.02. The minimum Gasteiger partial charge on any atom is -0.321 e. The number of benzene rings is 2. The Labute approximate surface area is 146 Å². The monoisotopic (exact) mass is 369 g/mol. The van der Waals surface area contributed by atoms with E-state index in [0.29, 0.717) is 31.0 Å². The number of hydrogen-bond acceptors (Lipinski definition) is 2. The second-order valence-electron chi connectivity index (χ2n) is 4.78. The number of halogens is 3. The van der Waals surface area contributed by atoms with Gasteiger partial charge in [0.25, 0.3) is 5.91 Å². The van der Waals surface area contributed by atoms with Crippen LogP contribution in [0, 0.1) is 6.92 Å². The number of amides is 1. The summed E-state index contributed by atoms with van der Waals surface area (Å²) < 4.78 is 0.879. The lowest BCUT2D eigenvalue weighted by molar-refractivity contribution is 0.103. The van der Waals surface area contributed by atoms with Gasteiger partial charge in [-0.15, -0.1) is 11.3 Å². The number of hydrogen-bond donors (Lipinski definition) is 1. The van der Waals surface area contributed by atoms with Gasteiger partial charge in [0.05, 0.1) is 10.0 Å². The minimum atomic E-state index is -0.276. The maximum absolute atomic E-state index is 12.4. The summed E-state index contributed by atoms with van der Waals surface area (Å²) in [6, 6.07) is 10.8. The highest BCUT2D eigenvalue weighted by molar-refractivity contribution is 7.21. The molecule has 0 unspecified atom stereocenters. The molecule has 0 saturated carbocycles. The van der Waals surface area contributed by atoms with Gasteiger partial charge in [-0.3, -0.25) is 4.79 Å². The molecule has 0 atom stereocenters. The first-order valence-electron chi connectivity index (χ1n) is 6.41. The average molecular weight is 371 g/mol. The molecule has 1 heterocycles. The van der Waals surface area contributed by atoms with Gasteiger partial charge in [-0.05, 0) is 36.8 Å². The lowest BCUT2D eigenvalue weighted by Crippen LogP contribution is -2.10. The lowest BCUT2D eigenvalue weighted by Gasteiger charge is -2.06. The summed E-state index contributed by atoms with van der Waals surface area (Å²) >= 11 is 19.8. The predicted octanol–water partition coefficient (Wildman–Crippen LogP) is 6.42. The van der Waals surface area contributed by atoms with Crippen LogP contribution in [0.4, 0.5) is 5.69 Å². The number of carbonyl (C=O) groups is 1. The van der Waals surface area contributed by atoms with E-state index in [1.165, 1.54) is 11.3 Å². The molecule has 0 aliphatic rings. The predicted molar refractivity (Wildman–Crippen MR) is 96.0 cm³/mol. The molecule has 3 rings (SSSR count). The minimum absolute atomic E-state index is 0.276. The molecule has 3 aromatic rings. The number of nitrogens with one attached hydrogen (secondary N) is 1. The number of thiophene rings is 1. The van der Waals surface area contributed by atoms with Gasteiger partial charge in [0.15, 0.2) is 0 Å². The molecule has 0 aliphatic carbocycles.